The quantitative estimate of drug-likeness (QED) is 0.469. The maximum Gasteiger partial charge on any atom is 0.308 e. The standard InChI is InChI=1S/C12H23NO4/c1-3-5-6-7-11(15)13-9-10(14)8-12(16)17-4-2/h10,14H,3-9H2,1-2H3,(H,13,15)/t10-/m1/s1. The molecule has 0 saturated carbocycles. The van der Waals surface area contributed by atoms with Crippen LogP contribution in [0.1, 0.15) is 46.0 Å². The van der Waals surface area contributed by atoms with Gasteiger partial charge in [-0.2, -0.15) is 0 Å². The fourth-order valence-electron chi connectivity index (χ4n) is 1.34. The summed E-state index contributed by atoms with van der Waals surface area (Å²) in [6.45, 7) is 4.18. The summed E-state index contributed by atoms with van der Waals surface area (Å²) >= 11 is 0. The van der Waals surface area contributed by atoms with Gasteiger partial charge in [0.05, 0.1) is 19.1 Å². The molecular weight excluding hydrogens is 222 g/mol. The first kappa shape index (κ1) is 15.9. The second kappa shape index (κ2) is 10.1. The third kappa shape index (κ3) is 9.81. The van der Waals surface area contributed by atoms with Gasteiger partial charge < -0.3 is 15.2 Å². The number of aliphatic hydroxyl groups is 1. The van der Waals surface area contributed by atoms with E-state index in [1.807, 2.05) is 0 Å². The molecule has 5 heteroatoms. The summed E-state index contributed by atoms with van der Waals surface area (Å²) in [5.74, 6) is -0.526. The van der Waals surface area contributed by atoms with E-state index in [9.17, 15) is 14.7 Å². The van der Waals surface area contributed by atoms with Crippen molar-refractivity contribution in [3.05, 3.63) is 0 Å². The molecule has 5 nitrogen and oxygen atoms in total. The van der Waals surface area contributed by atoms with E-state index in [1.54, 1.807) is 6.92 Å². The van der Waals surface area contributed by atoms with E-state index in [4.69, 9.17) is 0 Å². The Balaban J connectivity index is 3.58. The molecule has 0 bridgehead atoms. The molecule has 0 heterocycles. The third-order valence-electron chi connectivity index (χ3n) is 2.25. The van der Waals surface area contributed by atoms with Crippen LogP contribution in [0.5, 0.6) is 0 Å². The van der Waals surface area contributed by atoms with Crippen molar-refractivity contribution in [2.45, 2.75) is 52.1 Å². The summed E-state index contributed by atoms with van der Waals surface area (Å²) in [6.07, 6.45) is 2.47. The zero-order chi connectivity index (χ0) is 13.1. The van der Waals surface area contributed by atoms with Crippen LogP contribution in [0.15, 0.2) is 0 Å². The molecule has 0 aliphatic carbocycles. The molecule has 1 atom stereocenters. The number of aliphatic hydroxyl groups excluding tert-OH is 1. The first-order valence-corrected chi connectivity index (χ1v) is 6.20. The molecule has 0 aromatic carbocycles. The Bertz CT molecular complexity index is 231. The largest absolute Gasteiger partial charge is 0.466 e. The second-order valence-corrected chi connectivity index (χ2v) is 3.92. The van der Waals surface area contributed by atoms with E-state index >= 15 is 0 Å². The van der Waals surface area contributed by atoms with Crippen molar-refractivity contribution in [2.24, 2.45) is 0 Å². The van der Waals surface area contributed by atoms with Crippen LogP contribution in [0.2, 0.25) is 0 Å². The number of rotatable bonds is 9. The van der Waals surface area contributed by atoms with Crippen molar-refractivity contribution in [1.82, 2.24) is 5.32 Å². The van der Waals surface area contributed by atoms with Crippen LogP contribution < -0.4 is 5.32 Å². The van der Waals surface area contributed by atoms with E-state index in [0.29, 0.717) is 13.0 Å². The van der Waals surface area contributed by atoms with Gasteiger partial charge >= 0.3 is 5.97 Å². The molecule has 0 unspecified atom stereocenters. The van der Waals surface area contributed by atoms with Crippen molar-refractivity contribution in [1.29, 1.82) is 0 Å². The topological polar surface area (TPSA) is 75.6 Å². The molecule has 0 radical (unpaired) electrons. The molecule has 0 saturated heterocycles. The van der Waals surface area contributed by atoms with Gasteiger partial charge in [-0.25, -0.2) is 0 Å². The van der Waals surface area contributed by atoms with E-state index in [2.05, 4.69) is 17.0 Å². The highest BCUT2D eigenvalue weighted by Crippen LogP contribution is 1.99. The van der Waals surface area contributed by atoms with Crippen LogP contribution >= 0.6 is 0 Å². The predicted octanol–water partition coefficient (Wildman–Crippen LogP) is 0.997. The van der Waals surface area contributed by atoms with Crippen molar-refractivity contribution < 1.29 is 19.4 Å². The number of hydrogen-bond donors (Lipinski definition) is 2. The minimum absolute atomic E-state index is 0.0803. The first-order valence-electron chi connectivity index (χ1n) is 6.20. The zero-order valence-corrected chi connectivity index (χ0v) is 10.7. The normalized spacial score (nSPS) is 11.9. The highest BCUT2D eigenvalue weighted by atomic mass is 16.5. The number of ether oxygens (including phenoxy) is 1. The average molecular weight is 245 g/mol. The van der Waals surface area contributed by atoms with Gasteiger partial charge in [0.1, 0.15) is 0 Å². The van der Waals surface area contributed by atoms with E-state index in [1.165, 1.54) is 0 Å². The monoisotopic (exact) mass is 245 g/mol. The fourth-order valence-corrected chi connectivity index (χ4v) is 1.34. The van der Waals surface area contributed by atoms with Gasteiger partial charge in [-0.15, -0.1) is 0 Å². The van der Waals surface area contributed by atoms with Gasteiger partial charge in [0.25, 0.3) is 0 Å². The van der Waals surface area contributed by atoms with Crippen molar-refractivity contribution in [3.63, 3.8) is 0 Å². The number of esters is 1. The van der Waals surface area contributed by atoms with Crippen LogP contribution in [0.4, 0.5) is 0 Å². The number of carbonyl (C=O) groups excluding carboxylic acids is 2. The van der Waals surface area contributed by atoms with Crippen molar-refractivity contribution >= 4 is 11.9 Å². The Hall–Kier alpha value is -1.10. The van der Waals surface area contributed by atoms with Gasteiger partial charge in [0, 0.05) is 13.0 Å². The number of unbranched alkanes of at least 4 members (excludes halogenated alkanes) is 2. The molecule has 0 spiro atoms. The first-order chi connectivity index (χ1) is 8.10. The molecule has 100 valence electrons. The lowest BCUT2D eigenvalue weighted by Crippen LogP contribution is -2.33. The smallest absolute Gasteiger partial charge is 0.308 e. The molecule has 0 fully saturated rings. The minimum atomic E-state index is -0.871. The summed E-state index contributed by atoms with van der Waals surface area (Å²) in [4.78, 5) is 22.3. The van der Waals surface area contributed by atoms with Crippen molar-refractivity contribution in [2.75, 3.05) is 13.2 Å². The average Bonchev–Trinajstić information content (AvgIpc) is 2.27. The summed E-state index contributed by atoms with van der Waals surface area (Å²) in [7, 11) is 0. The minimum Gasteiger partial charge on any atom is -0.466 e. The van der Waals surface area contributed by atoms with Crippen LogP contribution in [-0.4, -0.2) is 36.2 Å². The van der Waals surface area contributed by atoms with Gasteiger partial charge in [-0.3, -0.25) is 9.59 Å². The summed E-state index contributed by atoms with van der Waals surface area (Å²) in [6, 6.07) is 0. The number of carbonyl (C=O) groups is 2. The van der Waals surface area contributed by atoms with Crippen molar-refractivity contribution in [3.8, 4) is 0 Å². The van der Waals surface area contributed by atoms with Gasteiger partial charge in [0.2, 0.25) is 5.91 Å². The summed E-state index contributed by atoms with van der Waals surface area (Å²) in [5, 5.41) is 12.0. The Morgan fingerprint density at radius 2 is 2.00 bits per heavy atom. The molecule has 0 aromatic rings. The maximum absolute atomic E-state index is 11.3. The van der Waals surface area contributed by atoms with E-state index < -0.39 is 12.1 Å². The lowest BCUT2D eigenvalue weighted by Gasteiger charge is -2.11. The van der Waals surface area contributed by atoms with E-state index in [-0.39, 0.29) is 18.9 Å². The SMILES string of the molecule is CCCCCC(=O)NC[C@H](O)CC(=O)OCC. The van der Waals surface area contributed by atoms with E-state index in [0.717, 1.165) is 19.3 Å². The molecule has 17 heavy (non-hydrogen) atoms. The second-order valence-electron chi connectivity index (χ2n) is 3.92. The van der Waals surface area contributed by atoms with Crippen LogP contribution in [0.25, 0.3) is 0 Å². The predicted molar refractivity (Wildman–Crippen MR) is 64.4 cm³/mol. The lowest BCUT2D eigenvalue weighted by atomic mass is 10.2. The third-order valence-corrected chi connectivity index (χ3v) is 2.25. The molecule has 0 aromatic heterocycles. The number of amides is 1. The fraction of sp³-hybridized carbons (Fsp3) is 0.833. The molecule has 0 aliphatic rings. The maximum atomic E-state index is 11.3. The Morgan fingerprint density at radius 1 is 1.29 bits per heavy atom. The van der Waals surface area contributed by atoms with Gasteiger partial charge in [-0.1, -0.05) is 19.8 Å². The van der Waals surface area contributed by atoms with Crippen LogP contribution in [0, 0.1) is 0 Å². The Kier molecular flexibility index (Phi) is 9.43. The van der Waals surface area contributed by atoms with Crippen LogP contribution in [0.3, 0.4) is 0 Å². The van der Waals surface area contributed by atoms with Crippen LogP contribution in [-0.2, 0) is 14.3 Å². The Morgan fingerprint density at radius 3 is 2.59 bits per heavy atom. The van der Waals surface area contributed by atoms with Gasteiger partial charge in [-0.05, 0) is 13.3 Å². The number of hydrogen-bond acceptors (Lipinski definition) is 4. The molecule has 0 rings (SSSR count). The molecule has 0 aliphatic heterocycles. The highest BCUT2D eigenvalue weighted by Gasteiger charge is 2.12. The zero-order valence-electron chi connectivity index (χ0n) is 10.7. The Labute approximate surface area is 103 Å². The molecular formula is C12H23NO4. The summed E-state index contributed by atoms with van der Waals surface area (Å²) < 4.78 is 4.69. The number of nitrogens with one attached hydrogen (secondary N) is 1. The highest BCUT2D eigenvalue weighted by molar-refractivity contribution is 5.76. The summed E-state index contributed by atoms with van der Waals surface area (Å²) in [5.41, 5.74) is 0. The molecule has 2 N–H and O–H groups in total. The molecule has 1 amide bonds. The lowest BCUT2D eigenvalue weighted by molar-refractivity contribution is -0.145. The van der Waals surface area contributed by atoms with Gasteiger partial charge in [0.15, 0.2) is 0 Å².